The first-order valence-electron chi connectivity index (χ1n) is 27.2. The number of benzene rings is 3. The number of nitrogens with zero attached hydrogens (tertiary/aromatic N) is 3. The standard InChI is InChI=1S/C60H75N3O17S2/c1-44-43-59(2,3)62(26-27-74-30-31-76-34-35-78-37-36-77-33-32-75-29-28-72-5)52-42-54-49(41-48(44)52)46(39-53(79-54)45-15-9-7-10-16-45)17-11-8-12-18-55-60(4,24-13-19-58(66)80-63-56(64)22-23-57(63)65)50-40-47(82(69,70)71)20-21-51(50)61(55)25-14-38-81(67,68)73-6/h7-12,15-18,20-23,39-43H,13-14,19,24-38H2,1-6H3,(H2-,64,65,69,70,71)/p+1. The molecular weight excluding hydrogens is 1100 g/mol. The number of hydrogen-bond acceptors (Lipinski definition) is 17. The molecule has 444 valence electrons. The molecule has 0 saturated carbocycles. The number of rotatable bonds is 33. The molecule has 3 aromatic carbocycles. The second-order valence-electron chi connectivity index (χ2n) is 20.4. The van der Waals surface area contributed by atoms with Crippen molar-refractivity contribution in [3.63, 3.8) is 0 Å². The number of aromatic hydroxyl groups is 2. The first kappa shape index (κ1) is 63.1. The molecule has 1 atom stereocenters. The van der Waals surface area contributed by atoms with Crippen LogP contribution in [0.4, 0.5) is 11.4 Å². The molecule has 4 aromatic rings. The van der Waals surface area contributed by atoms with Gasteiger partial charge in [-0.1, -0.05) is 60.7 Å². The van der Waals surface area contributed by atoms with Gasteiger partial charge in [0.2, 0.25) is 17.4 Å². The van der Waals surface area contributed by atoms with E-state index in [0.29, 0.717) is 112 Å². The van der Waals surface area contributed by atoms with Crippen molar-refractivity contribution >= 4 is 60.2 Å². The van der Waals surface area contributed by atoms with E-state index >= 15 is 0 Å². The number of ether oxygens (including phenoxy) is 7. The highest BCUT2D eigenvalue weighted by Gasteiger charge is 2.48. The zero-order valence-electron chi connectivity index (χ0n) is 47.4. The van der Waals surface area contributed by atoms with E-state index in [0.717, 1.165) is 40.6 Å². The van der Waals surface area contributed by atoms with Gasteiger partial charge in [0.05, 0.1) is 101 Å². The Bertz CT molecular complexity index is 3250. The van der Waals surface area contributed by atoms with Crippen LogP contribution in [0.25, 0.3) is 16.9 Å². The van der Waals surface area contributed by atoms with Crippen LogP contribution in [0.2, 0.25) is 0 Å². The van der Waals surface area contributed by atoms with Gasteiger partial charge in [0, 0.05) is 84.8 Å². The fraction of sp³-hybridized carbons (Fsp3) is 0.433. The molecule has 0 saturated heterocycles. The Morgan fingerprint density at radius 2 is 1.38 bits per heavy atom. The first-order chi connectivity index (χ1) is 39.3. The third-order valence-electron chi connectivity index (χ3n) is 14.2. The number of carbonyl (C=O) groups excluding carboxylic acids is 1. The maximum Gasteiger partial charge on any atom is 0.333 e. The lowest BCUT2D eigenvalue weighted by molar-refractivity contribution is -0.437. The van der Waals surface area contributed by atoms with Crippen LogP contribution in [0.5, 0.6) is 17.5 Å². The second kappa shape index (κ2) is 29.2. The summed E-state index contributed by atoms with van der Waals surface area (Å²) in [5.74, 6) is -0.661. The number of fused-ring (bicyclic) bond motifs is 3. The van der Waals surface area contributed by atoms with Gasteiger partial charge in [-0.05, 0) is 76.0 Å². The molecule has 0 bridgehead atoms. The minimum Gasteiger partial charge on any atom is -0.492 e. The molecule has 0 aliphatic carbocycles. The lowest BCUT2D eigenvalue weighted by Gasteiger charge is -2.44. The summed E-state index contributed by atoms with van der Waals surface area (Å²) in [6.07, 6.45) is 14.1. The van der Waals surface area contributed by atoms with Crippen LogP contribution in [-0.2, 0) is 63.1 Å². The molecule has 20 nitrogen and oxygen atoms in total. The number of aromatic nitrogens is 1. The molecule has 3 aliphatic heterocycles. The van der Waals surface area contributed by atoms with E-state index < -0.39 is 43.4 Å². The van der Waals surface area contributed by atoms with Crippen molar-refractivity contribution in [1.82, 2.24) is 4.73 Å². The van der Waals surface area contributed by atoms with Gasteiger partial charge in [-0.15, -0.1) is 4.73 Å². The number of carbonyl (C=O) groups is 1. The Kier molecular flexibility index (Phi) is 22.5. The van der Waals surface area contributed by atoms with Gasteiger partial charge in [0.25, 0.3) is 20.2 Å². The van der Waals surface area contributed by atoms with Gasteiger partial charge in [-0.25, -0.2) is 4.79 Å². The highest BCUT2D eigenvalue weighted by Crippen LogP contribution is 2.47. The van der Waals surface area contributed by atoms with E-state index in [4.69, 9.17) is 42.2 Å². The Hall–Kier alpha value is -6.44. The molecule has 22 heteroatoms. The molecule has 0 radical (unpaired) electrons. The van der Waals surface area contributed by atoms with Crippen LogP contribution in [0.15, 0.2) is 120 Å². The molecule has 3 N–H and O–H groups in total. The van der Waals surface area contributed by atoms with Gasteiger partial charge in [0.15, 0.2) is 5.71 Å². The summed E-state index contributed by atoms with van der Waals surface area (Å²) in [5.41, 5.74) is 6.25. The molecule has 1 aromatic heterocycles. The molecule has 0 fully saturated rings. The summed E-state index contributed by atoms with van der Waals surface area (Å²) in [5, 5.41) is 20.1. The van der Waals surface area contributed by atoms with E-state index in [1.54, 1.807) is 13.2 Å². The van der Waals surface area contributed by atoms with Crippen molar-refractivity contribution in [3.8, 4) is 17.5 Å². The van der Waals surface area contributed by atoms with Gasteiger partial charge >= 0.3 is 5.97 Å². The van der Waals surface area contributed by atoms with E-state index in [-0.39, 0.29) is 48.4 Å². The van der Waals surface area contributed by atoms with Gasteiger partial charge < -0.3 is 53.1 Å². The number of hydrogen-bond donors (Lipinski definition) is 3. The van der Waals surface area contributed by atoms with Crippen LogP contribution in [0.3, 0.4) is 0 Å². The first-order valence-corrected chi connectivity index (χ1v) is 30.2. The highest BCUT2D eigenvalue weighted by molar-refractivity contribution is 7.86. The van der Waals surface area contributed by atoms with Crippen molar-refractivity contribution < 1.29 is 83.2 Å². The predicted octanol–water partition coefficient (Wildman–Crippen LogP) is 8.06. The average Bonchev–Trinajstić information content (AvgIpc) is 4.09. The molecule has 3 aliphatic rings. The Labute approximate surface area is 480 Å². The lowest BCUT2D eigenvalue weighted by Crippen LogP contribution is -2.46. The third-order valence-corrected chi connectivity index (χ3v) is 16.3. The SMILES string of the molecule is COCCOCCOCCOCCOCCOCCN1c2cc3c(cc2C(C)=CC1(C)C)C(=CC=CC=CC1=[N+](CCCS(=O)(=O)OC)c2ccc(S(=O)(=O)O)cc2C1(C)CCCC(=O)On1c(O)ccc1O)C=C(c1ccccc1)O3. The predicted molar refractivity (Wildman–Crippen MR) is 311 cm³/mol. The van der Waals surface area contributed by atoms with E-state index in [1.807, 2.05) is 78.3 Å². The molecule has 1 unspecified atom stereocenters. The summed E-state index contributed by atoms with van der Waals surface area (Å²) in [7, 11) is -5.75. The average molecular weight is 1180 g/mol. The van der Waals surface area contributed by atoms with Crippen molar-refractivity contribution in [1.29, 1.82) is 0 Å². The Morgan fingerprint density at radius 3 is 2.00 bits per heavy atom. The molecule has 7 rings (SSSR count). The smallest absolute Gasteiger partial charge is 0.333 e. The fourth-order valence-electron chi connectivity index (χ4n) is 10.1. The number of methoxy groups -OCH3 is 1. The minimum atomic E-state index is -4.65. The molecule has 4 heterocycles. The topological polar surface area (TPSA) is 240 Å². The summed E-state index contributed by atoms with van der Waals surface area (Å²) in [6.45, 7) is 14.4. The third kappa shape index (κ3) is 16.6. The van der Waals surface area contributed by atoms with Crippen molar-refractivity contribution in [2.45, 2.75) is 69.2 Å². The summed E-state index contributed by atoms with van der Waals surface area (Å²) >= 11 is 0. The largest absolute Gasteiger partial charge is 0.492 e. The summed E-state index contributed by atoms with van der Waals surface area (Å²) in [4.78, 5) is 20.2. The molecule has 0 amide bonds. The maximum atomic E-state index is 13.0. The van der Waals surface area contributed by atoms with Crippen LogP contribution >= 0.6 is 0 Å². The van der Waals surface area contributed by atoms with E-state index in [2.05, 4.69) is 43.9 Å². The van der Waals surface area contributed by atoms with Crippen molar-refractivity contribution in [2.75, 3.05) is 111 Å². The summed E-state index contributed by atoms with van der Waals surface area (Å²) < 4.78 is 107. The number of anilines is 1. The number of allylic oxidation sites excluding steroid dienone is 8. The van der Waals surface area contributed by atoms with Crippen LogP contribution < -0.4 is 14.5 Å². The highest BCUT2D eigenvalue weighted by atomic mass is 32.2. The van der Waals surface area contributed by atoms with E-state index in [9.17, 15) is 36.4 Å². The summed E-state index contributed by atoms with van der Waals surface area (Å²) in [6, 6.07) is 20.7. The fourth-order valence-corrected chi connectivity index (χ4v) is 11.3. The molecule has 0 spiro atoms. The van der Waals surface area contributed by atoms with Gasteiger partial charge in [-0.3, -0.25) is 8.74 Å². The normalized spacial score (nSPS) is 17.3. The minimum absolute atomic E-state index is 0.138. The van der Waals surface area contributed by atoms with E-state index in [1.165, 1.54) is 24.3 Å². The van der Waals surface area contributed by atoms with Gasteiger partial charge in [0.1, 0.15) is 18.1 Å². The molecule has 82 heavy (non-hydrogen) atoms. The van der Waals surface area contributed by atoms with Crippen LogP contribution in [0.1, 0.15) is 75.6 Å². The lowest BCUT2D eigenvalue weighted by atomic mass is 9.75. The van der Waals surface area contributed by atoms with Gasteiger partial charge in [-0.2, -0.15) is 21.4 Å². The maximum absolute atomic E-state index is 13.0. The zero-order chi connectivity index (χ0) is 58.9. The Balaban J connectivity index is 1.10. The van der Waals surface area contributed by atoms with Crippen molar-refractivity contribution in [2.24, 2.45) is 0 Å². The van der Waals surface area contributed by atoms with Crippen molar-refractivity contribution in [3.05, 3.63) is 138 Å². The van der Waals surface area contributed by atoms with Crippen LogP contribution in [-0.4, -0.2) is 164 Å². The monoisotopic (exact) mass is 1170 g/mol. The molecular formula is C60H76N3O17S2+. The Morgan fingerprint density at radius 1 is 0.744 bits per heavy atom. The van der Waals surface area contributed by atoms with Crippen LogP contribution in [0, 0.1) is 0 Å². The zero-order valence-corrected chi connectivity index (χ0v) is 49.0. The quantitative estimate of drug-likeness (QED) is 0.0134. The second-order valence-corrected chi connectivity index (χ2v) is 23.6.